The molecule has 1 aromatic rings. The highest BCUT2D eigenvalue weighted by molar-refractivity contribution is 6.30. The van der Waals surface area contributed by atoms with E-state index in [9.17, 15) is 4.79 Å². The van der Waals surface area contributed by atoms with Crippen LogP contribution in [0.25, 0.3) is 0 Å². The Morgan fingerprint density at radius 3 is 2.71 bits per heavy atom. The topological polar surface area (TPSA) is 53.3 Å². The number of nitrogens with zero attached hydrogens (tertiary/aromatic N) is 2. The Balaban J connectivity index is 2.37. The van der Waals surface area contributed by atoms with Gasteiger partial charge < -0.3 is 9.64 Å². The Labute approximate surface area is 105 Å². The van der Waals surface area contributed by atoms with Crippen LogP contribution in [0.5, 0.6) is 0 Å². The Bertz CT molecular complexity index is 412. The number of carbonyl (C=O) groups is 1. The lowest BCUT2D eigenvalue weighted by Crippen LogP contribution is -2.28. The molecule has 17 heavy (non-hydrogen) atoms. The molecule has 5 heteroatoms. The SMILES string of the molecule is CN(CCC#N)C(=O)OCc1ccc(Cl)cc1. The molecule has 0 saturated carbocycles. The number of hydrogen-bond donors (Lipinski definition) is 0. The highest BCUT2D eigenvalue weighted by atomic mass is 35.5. The maximum Gasteiger partial charge on any atom is 0.409 e. The summed E-state index contributed by atoms with van der Waals surface area (Å²) in [4.78, 5) is 12.8. The molecule has 0 aliphatic heterocycles. The molecule has 0 aliphatic carbocycles. The summed E-state index contributed by atoms with van der Waals surface area (Å²) in [5.41, 5.74) is 0.872. The quantitative estimate of drug-likeness (QED) is 0.828. The monoisotopic (exact) mass is 252 g/mol. The van der Waals surface area contributed by atoms with Gasteiger partial charge in [0.05, 0.1) is 12.5 Å². The first-order chi connectivity index (χ1) is 8.13. The summed E-state index contributed by atoms with van der Waals surface area (Å²) in [5, 5.41) is 9.03. The summed E-state index contributed by atoms with van der Waals surface area (Å²) in [7, 11) is 1.60. The number of rotatable bonds is 4. The highest BCUT2D eigenvalue weighted by Crippen LogP contribution is 2.10. The van der Waals surface area contributed by atoms with Gasteiger partial charge in [0.15, 0.2) is 0 Å². The van der Waals surface area contributed by atoms with E-state index in [0.717, 1.165) is 5.56 Å². The molecule has 0 bridgehead atoms. The number of benzene rings is 1. The first-order valence-electron chi connectivity index (χ1n) is 5.13. The van der Waals surface area contributed by atoms with Crippen molar-refractivity contribution in [1.29, 1.82) is 5.26 Å². The minimum atomic E-state index is -0.435. The molecule has 0 radical (unpaired) electrons. The largest absolute Gasteiger partial charge is 0.445 e. The van der Waals surface area contributed by atoms with E-state index in [1.54, 1.807) is 31.3 Å². The molecular formula is C12H13ClN2O2. The van der Waals surface area contributed by atoms with Crippen LogP contribution in [0.15, 0.2) is 24.3 Å². The van der Waals surface area contributed by atoms with E-state index >= 15 is 0 Å². The molecule has 1 amide bonds. The molecule has 1 aromatic carbocycles. The molecule has 0 saturated heterocycles. The van der Waals surface area contributed by atoms with Gasteiger partial charge in [-0.3, -0.25) is 0 Å². The van der Waals surface area contributed by atoms with Gasteiger partial charge in [-0.15, -0.1) is 0 Å². The van der Waals surface area contributed by atoms with E-state index in [2.05, 4.69) is 0 Å². The fourth-order valence-electron chi connectivity index (χ4n) is 1.14. The summed E-state index contributed by atoms with van der Waals surface area (Å²) in [6, 6.07) is 9.04. The first kappa shape index (κ1) is 13.3. The zero-order valence-corrected chi connectivity index (χ0v) is 10.3. The van der Waals surface area contributed by atoms with Gasteiger partial charge in [0, 0.05) is 18.6 Å². The van der Waals surface area contributed by atoms with Crippen molar-refractivity contribution in [1.82, 2.24) is 4.90 Å². The van der Waals surface area contributed by atoms with Crippen molar-refractivity contribution in [2.45, 2.75) is 13.0 Å². The van der Waals surface area contributed by atoms with Gasteiger partial charge in [0.2, 0.25) is 0 Å². The maximum atomic E-state index is 11.5. The van der Waals surface area contributed by atoms with Crippen LogP contribution in [0.2, 0.25) is 5.02 Å². The third-order valence-corrected chi connectivity index (χ3v) is 2.40. The predicted molar refractivity (Wildman–Crippen MR) is 64.5 cm³/mol. The number of nitriles is 1. The third-order valence-electron chi connectivity index (χ3n) is 2.15. The molecule has 0 N–H and O–H groups in total. The maximum absolute atomic E-state index is 11.5. The molecule has 0 atom stereocenters. The van der Waals surface area contributed by atoms with Crippen LogP contribution in [0.3, 0.4) is 0 Å². The number of halogens is 1. The van der Waals surface area contributed by atoms with Crippen LogP contribution in [-0.2, 0) is 11.3 Å². The number of amides is 1. The lowest BCUT2D eigenvalue weighted by Gasteiger charge is -2.15. The van der Waals surface area contributed by atoms with Gasteiger partial charge in [-0.2, -0.15) is 5.26 Å². The fraction of sp³-hybridized carbons (Fsp3) is 0.333. The normalized spacial score (nSPS) is 9.47. The van der Waals surface area contributed by atoms with Crippen LogP contribution in [0.4, 0.5) is 4.79 Å². The summed E-state index contributed by atoms with van der Waals surface area (Å²) >= 11 is 5.74. The molecule has 1 rings (SSSR count). The number of hydrogen-bond acceptors (Lipinski definition) is 3. The second-order valence-corrected chi connectivity index (χ2v) is 3.95. The van der Waals surface area contributed by atoms with Crippen molar-refractivity contribution < 1.29 is 9.53 Å². The predicted octanol–water partition coefficient (Wildman–Crippen LogP) is 2.82. The molecule has 0 spiro atoms. The van der Waals surface area contributed by atoms with Gasteiger partial charge in [-0.05, 0) is 17.7 Å². The first-order valence-corrected chi connectivity index (χ1v) is 5.50. The van der Waals surface area contributed by atoms with Crippen LogP contribution in [0.1, 0.15) is 12.0 Å². The second-order valence-electron chi connectivity index (χ2n) is 3.51. The van der Waals surface area contributed by atoms with E-state index < -0.39 is 6.09 Å². The minimum absolute atomic E-state index is 0.201. The Morgan fingerprint density at radius 2 is 2.12 bits per heavy atom. The van der Waals surface area contributed by atoms with Crippen molar-refractivity contribution in [2.75, 3.05) is 13.6 Å². The van der Waals surface area contributed by atoms with Gasteiger partial charge in [-0.1, -0.05) is 23.7 Å². The Hall–Kier alpha value is -1.73. The molecule has 4 nitrogen and oxygen atoms in total. The molecule has 0 heterocycles. The zero-order valence-electron chi connectivity index (χ0n) is 9.52. The average Bonchev–Trinajstić information content (AvgIpc) is 2.34. The summed E-state index contributed by atoms with van der Waals surface area (Å²) < 4.78 is 5.06. The minimum Gasteiger partial charge on any atom is -0.445 e. The van der Waals surface area contributed by atoms with E-state index in [-0.39, 0.29) is 6.61 Å². The van der Waals surface area contributed by atoms with Crippen molar-refractivity contribution >= 4 is 17.7 Å². The smallest absolute Gasteiger partial charge is 0.409 e. The number of ether oxygens (including phenoxy) is 1. The third kappa shape index (κ3) is 4.75. The van der Waals surface area contributed by atoms with E-state index in [1.807, 2.05) is 6.07 Å². The van der Waals surface area contributed by atoms with Gasteiger partial charge in [-0.25, -0.2) is 4.79 Å². The van der Waals surface area contributed by atoms with Crippen molar-refractivity contribution in [2.24, 2.45) is 0 Å². The fourth-order valence-corrected chi connectivity index (χ4v) is 1.27. The average molecular weight is 253 g/mol. The van der Waals surface area contributed by atoms with Crippen molar-refractivity contribution in [3.8, 4) is 6.07 Å². The Morgan fingerprint density at radius 1 is 1.47 bits per heavy atom. The van der Waals surface area contributed by atoms with Crippen molar-refractivity contribution in [3.05, 3.63) is 34.9 Å². The van der Waals surface area contributed by atoms with Crippen LogP contribution >= 0.6 is 11.6 Å². The number of carbonyl (C=O) groups excluding carboxylic acids is 1. The van der Waals surface area contributed by atoms with Crippen LogP contribution in [-0.4, -0.2) is 24.6 Å². The molecule has 0 aromatic heterocycles. The standard InChI is InChI=1S/C12H13ClN2O2/c1-15(8-2-7-14)12(16)17-9-10-3-5-11(13)6-4-10/h3-6H,2,8-9H2,1H3. The van der Waals surface area contributed by atoms with E-state index in [1.165, 1.54) is 4.90 Å². The van der Waals surface area contributed by atoms with Crippen LogP contribution < -0.4 is 0 Å². The highest BCUT2D eigenvalue weighted by Gasteiger charge is 2.09. The van der Waals surface area contributed by atoms with E-state index in [4.69, 9.17) is 21.6 Å². The molecule has 90 valence electrons. The Kier molecular flexibility index (Phi) is 5.31. The van der Waals surface area contributed by atoms with Gasteiger partial charge in [0.25, 0.3) is 0 Å². The van der Waals surface area contributed by atoms with Crippen molar-refractivity contribution in [3.63, 3.8) is 0 Å². The van der Waals surface area contributed by atoms with E-state index in [0.29, 0.717) is 18.0 Å². The molecular weight excluding hydrogens is 240 g/mol. The molecule has 0 fully saturated rings. The van der Waals surface area contributed by atoms with Gasteiger partial charge >= 0.3 is 6.09 Å². The molecule has 0 unspecified atom stereocenters. The summed E-state index contributed by atoms with van der Waals surface area (Å²) in [6.45, 7) is 0.572. The van der Waals surface area contributed by atoms with Crippen LogP contribution in [0, 0.1) is 11.3 Å². The summed E-state index contributed by atoms with van der Waals surface area (Å²) in [6.07, 6.45) is -0.137. The summed E-state index contributed by atoms with van der Waals surface area (Å²) in [5.74, 6) is 0. The zero-order chi connectivity index (χ0) is 12.7. The molecule has 0 aliphatic rings. The lowest BCUT2D eigenvalue weighted by molar-refractivity contribution is 0.105. The second kappa shape index (κ2) is 6.77. The van der Waals surface area contributed by atoms with Gasteiger partial charge in [0.1, 0.15) is 6.61 Å². The lowest BCUT2D eigenvalue weighted by atomic mass is 10.2.